The molecule has 6 nitrogen and oxygen atoms in total. The van der Waals surface area contributed by atoms with E-state index in [9.17, 15) is 18.4 Å². The van der Waals surface area contributed by atoms with Crippen molar-refractivity contribution in [1.29, 1.82) is 0 Å². The van der Waals surface area contributed by atoms with Crippen LogP contribution in [0.3, 0.4) is 0 Å². The van der Waals surface area contributed by atoms with E-state index in [0.717, 1.165) is 6.07 Å². The Balaban J connectivity index is 2.04. The van der Waals surface area contributed by atoms with E-state index in [2.05, 4.69) is 10.1 Å². The predicted molar refractivity (Wildman–Crippen MR) is 94.6 cm³/mol. The van der Waals surface area contributed by atoms with Gasteiger partial charge >= 0.3 is 12.6 Å². The lowest BCUT2D eigenvalue weighted by molar-refractivity contribution is -0.123. The Bertz CT molecular complexity index is 831. The van der Waals surface area contributed by atoms with Crippen LogP contribution in [0, 0.1) is 0 Å². The maximum absolute atomic E-state index is 12.3. The average molecular weight is 400 g/mol. The van der Waals surface area contributed by atoms with Gasteiger partial charge in [-0.2, -0.15) is 8.78 Å². The maximum Gasteiger partial charge on any atom is 0.387 e. The fraction of sp³-hybridized carbons (Fsp3) is 0.222. The van der Waals surface area contributed by atoms with Gasteiger partial charge in [-0.15, -0.1) is 0 Å². The van der Waals surface area contributed by atoms with E-state index in [1.807, 2.05) is 0 Å². The number of halogens is 3. The summed E-state index contributed by atoms with van der Waals surface area (Å²) >= 11 is 5.84. The van der Waals surface area contributed by atoms with Crippen LogP contribution < -0.4 is 14.8 Å². The van der Waals surface area contributed by atoms with E-state index in [4.69, 9.17) is 21.1 Å². The predicted octanol–water partition coefficient (Wildman–Crippen LogP) is 4.13. The van der Waals surface area contributed by atoms with Crippen LogP contribution in [0.2, 0.25) is 5.02 Å². The molecular weight excluding hydrogens is 384 g/mol. The Kier molecular flexibility index (Phi) is 6.95. The third kappa shape index (κ3) is 5.82. The monoisotopic (exact) mass is 399 g/mol. The summed E-state index contributed by atoms with van der Waals surface area (Å²) < 4.78 is 39.0. The minimum absolute atomic E-state index is 0.0101. The molecule has 0 bridgehead atoms. The second kappa shape index (κ2) is 9.18. The van der Waals surface area contributed by atoms with E-state index < -0.39 is 24.6 Å². The fourth-order valence-electron chi connectivity index (χ4n) is 2.08. The maximum atomic E-state index is 12.3. The highest BCUT2D eigenvalue weighted by molar-refractivity contribution is 6.30. The van der Waals surface area contributed by atoms with Gasteiger partial charge in [0.15, 0.2) is 17.6 Å². The van der Waals surface area contributed by atoms with Gasteiger partial charge < -0.3 is 19.5 Å². The number of carbonyl (C=O) groups is 2. The molecular formula is C18H16ClF2NO5. The Morgan fingerprint density at radius 1 is 1.11 bits per heavy atom. The van der Waals surface area contributed by atoms with Crippen molar-refractivity contribution in [3.8, 4) is 11.5 Å². The second-order valence-corrected chi connectivity index (χ2v) is 5.73. The van der Waals surface area contributed by atoms with Gasteiger partial charge in [0.05, 0.1) is 12.7 Å². The van der Waals surface area contributed by atoms with E-state index in [-0.39, 0.29) is 17.1 Å². The second-order valence-electron chi connectivity index (χ2n) is 5.29. The lowest BCUT2D eigenvalue weighted by Crippen LogP contribution is -2.30. The van der Waals surface area contributed by atoms with E-state index >= 15 is 0 Å². The van der Waals surface area contributed by atoms with Crippen molar-refractivity contribution in [2.75, 3.05) is 12.4 Å². The third-order valence-electron chi connectivity index (χ3n) is 3.36. The molecule has 0 unspecified atom stereocenters. The van der Waals surface area contributed by atoms with Crippen molar-refractivity contribution >= 4 is 29.2 Å². The summed E-state index contributed by atoms with van der Waals surface area (Å²) in [6.45, 7) is -1.64. The van der Waals surface area contributed by atoms with Crippen LogP contribution in [-0.2, 0) is 9.53 Å². The number of rotatable bonds is 7. The van der Waals surface area contributed by atoms with Crippen molar-refractivity contribution in [3.05, 3.63) is 53.1 Å². The van der Waals surface area contributed by atoms with Gasteiger partial charge in [-0.05, 0) is 43.3 Å². The van der Waals surface area contributed by atoms with Crippen LogP contribution in [0.25, 0.3) is 0 Å². The number of anilines is 1. The topological polar surface area (TPSA) is 73.9 Å². The number of nitrogens with one attached hydrogen (secondary N) is 1. The van der Waals surface area contributed by atoms with Gasteiger partial charge in [0.2, 0.25) is 0 Å². The largest absolute Gasteiger partial charge is 0.493 e. The lowest BCUT2D eigenvalue weighted by atomic mass is 10.2. The van der Waals surface area contributed by atoms with E-state index in [0.29, 0.717) is 10.7 Å². The molecule has 2 rings (SSSR count). The molecule has 0 aliphatic heterocycles. The summed E-state index contributed by atoms with van der Waals surface area (Å²) in [6.07, 6.45) is -1.11. The zero-order valence-corrected chi connectivity index (χ0v) is 15.1. The molecule has 144 valence electrons. The zero-order valence-electron chi connectivity index (χ0n) is 14.4. The first-order valence-corrected chi connectivity index (χ1v) is 8.08. The highest BCUT2D eigenvalue weighted by atomic mass is 35.5. The number of hydrogen-bond donors (Lipinski definition) is 1. The molecule has 0 spiro atoms. The van der Waals surface area contributed by atoms with Crippen LogP contribution in [0.4, 0.5) is 14.5 Å². The lowest BCUT2D eigenvalue weighted by Gasteiger charge is -2.15. The number of ether oxygens (including phenoxy) is 3. The first kappa shape index (κ1) is 20.4. The molecule has 0 aliphatic rings. The summed E-state index contributed by atoms with van der Waals surface area (Å²) in [6, 6.07) is 10.0. The summed E-state index contributed by atoms with van der Waals surface area (Å²) in [4.78, 5) is 24.3. The van der Waals surface area contributed by atoms with Crippen molar-refractivity contribution < 1.29 is 32.6 Å². The third-order valence-corrected chi connectivity index (χ3v) is 3.60. The molecule has 0 aromatic heterocycles. The normalized spacial score (nSPS) is 11.6. The summed E-state index contributed by atoms with van der Waals surface area (Å²) in [5, 5.41) is 3.00. The number of methoxy groups -OCH3 is 1. The summed E-state index contributed by atoms with van der Waals surface area (Å²) in [5.41, 5.74) is 0.460. The van der Waals surface area contributed by atoms with E-state index in [1.54, 1.807) is 24.3 Å². The molecule has 2 aromatic carbocycles. The van der Waals surface area contributed by atoms with Crippen LogP contribution in [0.1, 0.15) is 17.3 Å². The molecule has 1 amide bonds. The van der Waals surface area contributed by atoms with Crippen LogP contribution >= 0.6 is 11.6 Å². The molecule has 0 fully saturated rings. The minimum atomic E-state index is -3.04. The van der Waals surface area contributed by atoms with Gasteiger partial charge in [0.1, 0.15) is 0 Å². The van der Waals surface area contributed by atoms with Gasteiger partial charge in [-0.1, -0.05) is 17.7 Å². The first-order chi connectivity index (χ1) is 12.8. The van der Waals surface area contributed by atoms with Gasteiger partial charge in [-0.25, -0.2) is 4.79 Å². The molecule has 9 heteroatoms. The fourth-order valence-corrected chi connectivity index (χ4v) is 2.27. The highest BCUT2D eigenvalue weighted by Gasteiger charge is 2.21. The van der Waals surface area contributed by atoms with Crippen LogP contribution in [-0.4, -0.2) is 31.7 Å². The molecule has 2 aromatic rings. The van der Waals surface area contributed by atoms with Crippen LogP contribution in [0.15, 0.2) is 42.5 Å². The molecule has 0 saturated heterocycles. The van der Waals surface area contributed by atoms with Gasteiger partial charge in [0, 0.05) is 10.7 Å². The van der Waals surface area contributed by atoms with Gasteiger partial charge in [-0.3, -0.25) is 4.79 Å². The van der Waals surface area contributed by atoms with Crippen molar-refractivity contribution in [2.24, 2.45) is 0 Å². The molecule has 0 radical (unpaired) electrons. The molecule has 1 atom stereocenters. The summed E-state index contributed by atoms with van der Waals surface area (Å²) in [5.74, 6) is -1.68. The summed E-state index contributed by atoms with van der Waals surface area (Å²) in [7, 11) is 1.24. The number of carbonyl (C=O) groups excluding carboxylic acids is 2. The number of benzene rings is 2. The molecule has 27 heavy (non-hydrogen) atoms. The smallest absolute Gasteiger partial charge is 0.387 e. The zero-order chi connectivity index (χ0) is 20.0. The Morgan fingerprint density at radius 3 is 2.48 bits per heavy atom. The number of hydrogen-bond acceptors (Lipinski definition) is 5. The SMILES string of the molecule is COc1cc(C(=O)O[C@H](C)C(=O)Nc2cccc(Cl)c2)ccc1OC(F)F. The first-order valence-electron chi connectivity index (χ1n) is 7.70. The molecule has 1 N–H and O–H groups in total. The van der Waals surface area contributed by atoms with E-state index in [1.165, 1.54) is 26.2 Å². The standard InChI is InChI=1S/C18H16ClF2NO5/c1-10(16(23)22-13-5-3-4-12(19)9-13)26-17(24)11-6-7-14(27-18(20)21)15(8-11)25-2/h3-10,18H,1-2H3,(H,22,23)/t10-/m1/s1. The van der Waals surface area contributed by atoms with Crippen LogP contribution in [0.5, 0.6) is 11.5 Å². The number of amides is 1. The molecule has 0 heterocycles. The van der Waals surface area contributed by atoms with Crippen molar-refractivity contribution in [1.82, 2.24) is 0 Å². The van der Waals surface area contributed by atoms with Gasteiger partial charge in [0.25, 0.3) is 5.91 Å². The molecule has 0 aliphatic carbocycles. The Labute approximate surface area is 159 Å². The minimum Gasteiger partial charge on any atom is -0.493 e. The van der Waals surface area contributed by atoms with Crippen molar-refractivity contribution in [3.63, 3.8) is 0 Å². The Hall–Kier alpha value is -2.87. The average Bonchev–Trinajstić information content (AvgIpc) is 2.61. The number of alkyl halides is 2. The molecule has 0 saturated carbocycles. The van der Waals surface area contributed by atoms with Crippen molar-refractivity contribution in [2.45, 2.75) is 19.6 Å². The highest BCUT2D eigenvalue weighted by Crippen LogP contribution is 2.29. The Morgan fingerprint density at radius 2 is 1.85 bits per heavy atom. The number of esters is 1. The quantitative estimate of drug-likeness (QED) is 0.708.